The summed E-state index contributed by atoms with van der Waals surface area (Å²) in [5.74, 6) is -0.869. The first-order chi connectivity index (χ1) is 19.6. The molecule has 0 radical (unpaired) electrons. The number of nitrogens with one attached hydrogen (secondary N) is 3. The third kappa shape index (κ3) is 7.58. The zero-order valence-electron chi connectivity index (χ0n) is 23.9. The fourth-order valence-electron chi connectivity index (χ4n) is 4.78. The van der Waals surface area contributed by atoms with Crippen molar-refractivity contribution < 1.29 is 18.8 Å². The fourth-order valence-corrected chi connectivity index (χ4v) is 4.78. The van der Waals surface area contributed by atoms with Crippen LogP contribution in [0.1, 0.15) is 37.0 Å². The number of carbonyl (C=O) groups is 3. The number of carbonyl (C=O) groups excluding carboxylic acids is 3. The van der Waals surface area contributed by atoms with Crippen LogP contribution in [0.15, 0.2) is 66.7 Å². The lowest BCUT2D eigenvalue weighted by Crippen LogP contribution is -2.31. The van der Waals surface area contributed by atoms with Gasteiger partial charge in [0, 0.05) is 43.9 Å². The zero-order chi connectivity index (χ0) is 29.5. The van der Waals surface area contributed by atoms with Gasteiger partial charge in [0.15, 0.2) is 0 Å². The quantitative estimate of drug-likeness (QED) is 0.296. The predicted molar refractivity (Wildman–Crippen MR) is 162 cm³/mol. The summed E-state index contributed by atoms with van der Waals surface area (Å²) in [5, 5.41) is 8.98. The van der Waals surface area contributed by atoms with Gasteiger partial charge in [0.05, 0.1) is 17.0 Å². The molecule has 1 aliphatic heterocycles. The van der Waals surface area contributed by atoms with E-state index in [4.69, 9.17) is 0 Å². The molecule has 3 amide bonds. The second-order valence-corrected chi connectivity index (χ2v) is 10.3. The predicted octanol–water partition coefficient (Wildman–Crippen LogP) is 4.74. The maximum absolute atomic E-state index is 13.9. The SMILES string of the molecule is CC(=O)NCCc1ccc(/C(Nc2ccc(N(CCCN(C)C)C(C)=O)cc2)=C2/C(=O)Nc3cc(F)ccc32)cc1. The minimum absolute atomic E-state index is 0.0302. The molecule has 0 aliphatic carbocycles. The molecule has 3 N–H and O–H groups in total. The highest BCUT2D eigenvalue weighted by molar-refractivity contribution is 6.37. The molecule has 0 saturated heterocycles. The van der Waals surface area contributed by atoms with Crippen LogP contribution in [0.2, 0.25) is 0 Å². The number of fused-ring (bicyclic) bond motifs is 1. The molecule has 0 spiro atoms. The van der Waals surface area contributed by atoms with Crippen molar-refractivity contribution in [2.45, 2.75) is 26.7 Å². The highest BCUT2D eigenvalue weighted by Crippen LogP contribution is 2.38. The molecule has 8 nitrogen and oxygen atoms in total. The van der Waals surface area contributed by atoms with E-state index in [1.165, 1.54) is 19.1 Å². The summed E-state index contributed by atoms with van der Waals surface area (Å²) in [6.07, 6.45) is 1.52. The van der Waals surface area contributed by atoms with Gasteiger partial charge in [-0.1, -0.05) is 24.3 Å². The van der Waals surface area contributed by atoms with Crippen LogP contribution in [0.25, 0.3) is 11.3 Å². The number of amides is 3. The Bertz CT molecular complexity index is 1450. The highest BCUT2D eigenvalue weighted by Gasteiger charge is 2.29. The van der Waals surface area contributed by atoms with Gasteiger partial charge < -0.3 is 25.8 Å². The molecule has 41 heavy (non-hydrogen) atoms. The maximum Gasteiger partial charge on any atom is 0.258 e. The van der Waals surface area contributed by atoms with Crippen LogP contribution < -0.4 is 20.9 Å². The van der Waals surface area contributed by atoms with E-state index in [2.05, 4.69) is 20.9 Å². The average Bonchev–Trinajstić information content (AvgIpc) is 3.24. The topological polar surface area (TPSA) is 93.8 Å². The summed E-state index contributed by atoms with van der Waals surface area (Å²) < 4.78 is 13.9. The molecule has 4 rings (SSSR count). The lowest BCUT2D eigenvalue weighted by atomic mass is 9.98. The molecule has 0 atom stereocenters. The largest absolute Gasteiger partial charge is 0.356 e. The summed E-state index contributed by atoms with van der Waals surface area (Å²) in [6, 6.07) is 19.5. The number of nitrogens with zero attached hydrogens (tertiary/aromatic N) is 2. The van der Waals surface area contributed by atoms with Crippen molar-refractivity contribution in [1.29, 1.82) is 0 Å². The summed E-state index contributed by atoms with van der Waals surface area (Å²) in [4.78, 5) is 40.6. The van der Waals surface area contributed by atoms with Crippen LogP contribution in [-0.2, 0) is 20.8 Å². The number of hydrogen-bond acceptors (Lipinski definition) is 5. The van der Waals surface area contributed by atoms with E-state index >= 15 is 0 Å². The molecule has 0 bridgehead atoms. The van der Waals surface area contributed by atoms with Gasteiger partial charge in [-0.25, -0.2) is 4.39 Å². The second kappa shape index (κ2) is 13.2. The molecular weight excluding hydrogens is 521 g/mol. The van der Waals surface area contributed by atoms with Crippen LogP contribution >= 0.6 is 0 Å². The molecule has 0 aromatic heterocycles. The van der Waals surface area contributed by atoms with E-state index in [-0.39, 0.29) is 17.7 Å². The molecule has 1 aliphatic rings. The number of anilines is 3. The molecule has 3 aromatic rings. The van der Waals surface area contributed by atoms with Crippen molar-refractivity contribution in [2.75, 3.05) is 49.3 Å². The third-order valence-corrected chi connectivity index (χ3v) is 6.82. The first-order valence-corrected chi connectivity index (χ1v) is 13.6. The van der Waals surface area contributed by atoms with Gasteiger partial charge in [-0.05, 0) is 87.1 Å². The fraction of sp³-hybridized carbons (Fsp3) is 0.281. The standard InChI is InChI=1S/C32H36FN5O3/c1-21(39)34-17-16-23-6-8-24(9-7-23)31(30-28-15-10-25(33)20-29(28)36-32(30)41)35-26-11-13-27(14-12-26)38(22(2)40)19-5-18-37(3)4/h6-15,20,35H,5,16-19H2,1-4H3,(H,34,39)(H,36,41)/b31-30-. The Morgan fingerprint density at radius 3 is 2.27 bits per heavy atom. The Hall–Kier alpha value is -4.50. The molecule has 0 saturated carbocycles. The zero-order valence-corrected chi connectivity index (χ0v) is 23.9. The molecule has 9 heteroatoms. The maximum atomic E-state index is 13.9. The van der Waals surface area contributed by atoms with Gasteiger partial charge in [0.2, 0.25) is 11.8 Å². The minimum atomic E-state index is -0.431. The van der Waals surface area contributed by atoms with Crippen molar-refractivity contribution in [2.24, 2.45) is 0 Å². The Morgan fingerprint density at radius 2 is 1.63 bits per heavy atom. The van der Waals surface area contributed by atoms with Crippen molar-refractivity contribution in [3.8, 4) is 0 Å². The van der Waals surface area contributed by atoms with Crippen molar-refractivity contribution >= 4 is 46.1 Å². The molecule has 0 fully saturated rings. The Kier molecular flexibility index (Phi) is 9.52. The smallest absolute Gasteiger partial charge is 0.258 e. The van der Waals surface area contributed by atoms with Gasteiger partial charge in [-0.15, -0.1) is 0 Å². The van der Waals surface area contributed by atoms with Gasteiger partial charge in [0.25, 0.3) is 5.91 Å². The van der Waals surface area contributed by atoms with Crippen molar-refractivity contribution in [3.05, 3.63) is 89.2 Å². The summed E-state index contributed by atoms with van der Waals surface area (Å²) in [5.41, 5.74) is 5.33. The van der Waals surface area contributed by atoms with Gasteiger partial charge in [-0.3, -0.25) is 14.4 Å². The summed E-state index contributed by atoms with van der Waals surface area (Å²) in [6.45, 7) is 5.06. The lowest BCUT2D eigenvalue weighted by molar-refractivity contribution is -0.119. The van der Waals surface area contributed by atoms with Gasteiger partial charge in [0.1, 0.15) is 5.82 Å². The molecule has 1 heterocycles. The van der Waals surface area contributed by atoms with E-state index in [0.717, 1.165) is 35.5 Å². The summed E-state index contributed by atoms with van der Waals surface area (Å²) in [7, 11) is 4.01. The van der Waals surface area contributed by atoms with Crippen LogP contribution in [0, 0.1) is 5.82 Å². The number of halogens is 1. The van der Waals surface area contributed by atoms with Crippen LogP contribution in [0.5, 0.6) is 0 Å². The second-order valence-electron chi connectivity index (χ2n) is 10.3. The highest BCUT2D eigenvalue weighted by atomic mass is 19.1. The van der Waals surface area contributed by atoms with Crippen LogP contribution in [0.3, 0.4) is 0 Å². The monoisotopic (exact) mass is 557 g/mol. The van der Waals surface area contributed by atoms with Crippen LogP contribution in [0.4, 0.5) is 21.5 Å². The Balaban J connectivity index is 1.65. The third-order valence-electron chi connectivity index (χ3n) is 6.82. The summed E-state index contributed by atoms with van der Waals surface area (Å²) >= 11 is 0. The average molecular weight is 558 g/mol. The lowest BCUT2D eigenvalue weighted by Gasteiger charge is -2.23. The van der Waals surface area contributed by atoms with Crippen molar-refractivity contribution in [1.82, 2.24) is 10.2 Å². The molecule has 214 valence electrons. The van der Waals surface area contributed by atoms with Crippen LogP contribution in [-0.4, -0.2) is 56.4 Å². The Morgan fingerprint density at radius 1 is 0.927 bits per heavy atom. The molecule has 3 aromatic carbocycles. The van der Waals surface area contributed by atoms with Gasteiger partial charge in [-0.2, -0.15) is 0 Å². The first kappa shape index (κ1) is 29.5. The first-order valence-electron chi connectivity index (χ1n) is 13.6. The minimum Gasteiger partial charge on any atom is -0.356 e. The van der Waals surface area contributed by atoms with E-state index in [1.807, 2.05) is 62.6 Å². The van der Waals surface area contributed by atoms with E-state index < -0.39 is 5.82 Å². The normalized spacial score (nSPS) is 13.5. The van der Waals surface area contributed by atoms with E-state index in [9.17, 15) is 18.8 Å². The van der Waals surface area contributed by atoms with E-state index in [0.29, 0.717) is 42.0 Å². The molecule has 0 unspecified atom stereocenters. The number of rotatable bonds is 11. The van der Waals surface area contributed by atoms with E-state index in [1.54, 1.807) is 17.9 Å². The number of hydrogen-bond donors (Lipinski definition) is 3. The number of benzene rings is 3. The Labute approximate surface area is 240 Å². The van der Waals surface area contributed by atoms with Crippen molar-refractivity contribution in [3.63, 3.8) is 0 Å². The molecular formula is C32H36FN5O3. The van der Waals surface area contributed by atoms with Gasteiger partial charge >= 0.3 is 0 Å².